The first kappa shape index (κ1) is 14.5. The molecule has 2 aromatic rings. The lowest BCUT2D eigenvalue weighted by atomic mass is 10.1. The molecule has 0 radical (unpaired) electrons. The van der Waals surface area contributed by atoms with Crippen LogP contribution in [0.15, 0.2) is 46.9 Å². The van der Waals surface area contributed by atoms with Crippen LogP contribution in [0.1, 0.15) is 15.9 Å². The first-order valence-corrected chi connectivity index (χ1v) is 6.89. The highest BCUT2D eigenvalue weighted by atomic mass is 79.9. The first-order chi connectivity index (χ1) is 9.60. The van der Waals surface area contributed by atoms with Gasteiger partial charge in [-0.2, -0.15) is 0 Å². The molecule has 2 rings (SSSR count). The van der Waals surface area contributed by atoms with E-state index >= 15 is 0 Å². The Morgan fingerprint density at radius 2 is 2.05 bits per heavy atom. The Morgan fingerprint density at radius 3 is 2.75 bits per heavy atom. The van der Waals surface area contributed by atoms with Crippen LogP contribution in [0.5, 0.6) is 0 Å². The minimum atomic E-state index is -0.269. The van der Waals surface area contributed by atoms with E-state index in [-0.39, 0.29) is 11.7 Å². The van der Waals surface area contributed by atoms with Crippen LogP contribution in [-0.2, 0) is 6.54 Å². The average Bonchev–Trinajstić information content (AvgIpc) is 2.46. The summed E-state index contributed by atoms with van der Waals surface area (Å²) in [5.74, 6) is -0.419. The number of carbonyl (C=O) groups is 1. The third kappa shape index (κ3) is 3.57. The van der Waals surface area contributed by atoms with Crippen molar-refractivity contribution in [3.63, 3.8) is 0 Å². The molecule has 104 valence electrons. The minimum absolute atomic E-state index is 0.150. The van der Waals surface area contributed by atoms with Crippen molar-refractivity contribution in [1.82, 2.24) is 5.32 Å². The molecule has 0 aliphatic rings. The normalized spacial score (nSPS) is 10.2. The fourth-order valence-corrected chi connectivity index (χ4v) is 2.11. The number of nitrogens with one attached hydrogen (secondary N) is 2. The summed E-state index contributed by atoms with van der Waals surface area (Å²) in [6.07, 6.45) is 0. The molecular formula is C15H14BrFN2O. The number of hydrogen-bond donors (Lipinski definition) is 2. The molecule has 20 heavy (non-hydrogen) atoms. The molecule has 3 nitrogen and oxygen atoms in total. The zero-order valence-electron chi connectivity index (χ0n) is 10.9. The molecule has 0 aliphatic heterocycles. The van der Waals surface area contributed by atoms with E-state index in [9.17, 15) is 9.18 Å². The highest BCUT2D eigenvalue weighted by Crippen LogP contribution is 2.17. The van der Waals surface area contributed by atoms with Crippen LogP contribution in [0.4, 0.5) is 10.1 Å². The topological polar surface area (TPSA) is 41.1 Å². The van der Waals surface area contributed by atoms with Crippen LogP contribution in [0.3, 0.4) is 0 Å². The van der Waals surface area contributed by atoms with E-state index in [0.29, 0.717) is 22.1 Å². The van der Waals surface area contributed by atoms with Gasteiger partial charge >= 0.3 is 0 Å². The predicted octanol–water partition coefficient (Wildman–Crippen LogP) is 3.56. The van der Waals surface area contributed by atoms with Crippen molar-refractivity contribution in [2.75, 3.05) is 12.4 Å². The van der Waals surface area contributed by atoms with Gasteiger partial charge in [-0.15, -0.1) is 0 Å². The summed E-state index contributed by atoms with van der Waals surface area (Å²) in [5, 5.41) is 5.67. The van der Waals surface area contributed by atoms with Crippen molar-refractivity contribution in [1.29, 1.82) is 0 Å². The lowest BCUT2D eigenvalue weighted by molar-refractivity contribution is 0.0963. The van der Waals surface area contributed by atoms with Gasteiger partial charge in [0.1, 0.15) is 5.82 Å². The highest BCUT2D eigenvalue weighted by molar-refractivity contribution is 9.10. The van der Waals surface area contributed by atoms with E-state index in [1.807, 2.05) is 6.07 Å². The Morgan fingerprint density at radius 1 is 1.25 bits per heavy atom. The van der Waals surface area contributed by atoms with Crippen LogP contribution in [0.25, 0.3) is 0 Å². The van der Waals surface area contributed by atoms with Gasteiger partial charge in [0.15, 0.2) is 0 Å². The number of amides is 1. The molecule has 5 heteroatoms. The lowest BCUT2D eigenvalue weighted by Crippen LogP contribution is -2.17. The van der Waals surface area contributed by atoms with Gasteiger partial charge in [0, 0.05) is 34.9 Å². The van der Waals surface area contributed by atoms with E-state index in [1.165, 1.54) is 6.07 Å². The monoisotopic (exact) mass is 336 g/mol. The summed E-state index contributed by atoms with van der Waals surface area (Å²) in [4.78, 5) is 11.5. The summed E-state index contributed by atoms with van der Waals surface area (Å²) in [6.45, 7) is 0.357. The summed E-state index contributed by atoms with van der Waals surface area (Å²) in [5.41, 5.74) is 1.90. The fourth-order valence-electron chi connectivity index (χ4n) is 1.78. The number of benzene rings is 2. The zero-order valence-corrected chi connectivity index (χ0v) is 12.5. The SMILES string of the molecule is CNC(=O)c1cccc(NCc2ccc(Br)cc2F)c1. The molecule has 0 heterocycles. The van der Waals surface area contributed by atoms with E-state index < -0.39 is 0 Å². The number of hydrogen-bond acceptors (Lipinski definition) is 2. The van der Waals surface area contributed by atoms with Gasteiger partial charge in [-0.25, -0.2) is 4.39 Å². The second-order valence-electron chi connectivity index (χ2n) is 4.25. The molecule has 0 saturated heterocycles. The Hall–Kier alpha value is -1.88. The van der Waals surface area contributed by atoms with Gasteiger partial charge in [-0.1, -0.05) is 28.1 Å². The molecule has 0 spiro atoms. The highest BCUT2D eigenvalue weighted by Gasteiger charge is 2.05. The van der Waals surface area contributed by atoms with Gasteiger partial charge in [0.25, 0.3) is 5.91 Å². The Bertz CT molecular complexity index is 631. The molecule has 2 aromatic carbocycles. The third-order valence-corrected chi connectivity index (χ3v) is 3.34. The largest absolute Gasteiger partial charge is 0.381 e. The van der Waals surface area contributed by atoms with Gasteiger partial charge in [-0.3, -0.25) is 4.79 Å². The molecule has 1 amide bonds. The maximum Gasteiger partial charge on any atom is 0.251 e. The zero-order chi connectivity index (χ0) is 14.5. The van der Waals surface area contributed by atoms with Crippen LogP contribution in [0.2, 0.25) is 0 Å². The molecule has 0 unspecified atom stereocenters. The van der Waals surface area contributed by atoms with E-state index in [1.54, 1.807) is 37.4 Å². The number of carbonyl (C=O) groups excluding carboxylic acids is 1. The van der Waals surface area contributed by atoms with Gasteiger partial charge in [-0.05, 0) is 30.3 Å². The standard InChI is InChI=1S/C15H14BrFN2O/c1-18-15(20)10-3-2-4-13(7-10)19-9-11-5-6-12(16)8-14(11)17/h2-8,19H,9H2,1H3,(H,18,20). The van der Waals surface area contributed by atoms with E-state index in [0.717, 1.165) is 5.69 Å². The van der Waals surface area contributed by atoms with Gasteiger partial charge in [0.2, 0.25) is 0 Å². The van der Waals surface area contributed by atoms with Crippen LogP contribution in [-0.4, -0.2) is 13.0 Å². The number of anilines is 1. The Labute approximate surface area is 125 Å². The molecule has 2 N–H and O–H groups in total. The van der Waals surface area contributed by atoms with E-state index in [2.05, 4.69) is 26.6 Å². The average molecular weight is 337 g/mol. The third-order valence-electron chi connectivity index (χ3n) is 2.85. The van der Waals surface area contributed by atoms with Crippen LogP contribution in [0, 0.1) is 5.82 Å². The number of halogens is 2. The van der Waals surface area contributed by atoms with Crippen LogP contribution < -0.4 is 10.6 Å². The van der Waals surface area contributed by atoms with Crippen molar-refractivity contribution < 1.29 is 9.18 Å². The lowest BCUT2D eigenvalue weighted by Gasteiger charge is -2.09. The first-order valence-electron chi connectivity index (χ1n) is 6.10. The van der Waals surface area contributed by atoms with Gasteiger partial charge < -0.3 is 10.6 Å². The predicted molar refractivity (Wildman–Crippen MR) is 81.3 cm³/mol. The second-order valence-corrected chi connectivity index (χ2v) is 5.16. The molecule has 0 aromatic heterocycles. The minimum Gasteiger partial charge on any atom is -0.381 e. The smallest absolute Gasteiger partial charge is 0.251 e. The molecule has 0 saturated carbocycles. The molecule has 0 fully saturated rings. The van der Waals surface area contributed by atoms with Crippen molar-refractivity contribution in [3.05, 3.63) is 63.9 Å². The molecular weight excluding hydrogens is 323 g/mol. The summed E-state index contributed by atoms with van der Waals surface area (Å²) in [7, 11) is 1.58. The number of rotatable bonds is 4. The van der Waals surface area contributed by atoms with Crippen molar-refractivity contribution in [3.8, 4) is 0 Å². The Balaban J connectivity index is 2.09. The summed E-state index contributed by atoms with van der Waals surface area (Å²) < 4.78 is 14.4. The van der Waals surface area contributed by atoms with Crippen LogP contribution >= 0.6 is 15.9 Å². The van der Waals surface area contributed by atoms with Crippen molar-refractivity contribution >= 4 is 27.5 Å². The van der Waals surface area contributed by atoms with E-state index in [4.69, 9.17) is 0 Å². The Kier molecular flexibility index (Phi) is 4.74. The van der Waals surface area contributed by atoms with Crippen molar-refractivity contribution in [2.45, 2.75) is 6.54 Å². The molecule has 0 atom stereocenters. The summed E-state index contributed by atoms with van der Waals surface area (Å²) in [6, 6.07) is 12.0. The van der Waals surface area contributed by atoms with Crippen molar-refractivity contribution in [2.24, 2.45) is 0 Å². The summed E-state index contributed by atoms with van der Waals surface area (Å²) >= 11 is 3.22. The fraction of sp³-hybridized carbons (Fsp3) is 0.133. The molecule has 0 aliphatic carbocycles. The maximum atomic E-state index is 13.7. The van der Waals surface area contributed by atoms with Gasteiger partial charge in [0.05, 0.1) is 0 Å². The molecule has 0 bridgehead atoms. The second kappa shape index (κ2) is 6.52. The quantitative estimate of drug-likeness (QED) is 0.896. The maximum absolute atomic E-state index is 13.7.